The molecule has 1 unspecified atom stereocenters. The van der Waals surface area contributed by atoms with Crippen molar-refractivity contribution in [2.75, 3.05) is 11.6 Å². The van der Waals surface area contributed by atoms with Crippen LogP contribution in [-0.2, 0) is 4.79 Å². The van der Waals surface area contributed by atoms with Gasteiger partial charge in [-0.3, -0.25) is 9.36 Å². The van der Waals surface area contributed by atoms with Gasteiger partial charge in [0.25, 0.3) is 0 Å². The van der Waals surface area contributed by atoms with Gasteiger partial charge in [0.1, 0.15) is 0 Å². The number of aromatic nitrogens is 2. The highest BCUT2D eigenvalue weighted by atomic mass is 32.2. The van der Waals surface area contributed by atoms with Crippen LogP contribution < -0.4 is 5.32 Å². The number of nitrogens with zero attached hydrogens (tertiary/aromatic N) is 2. The minimum absolute atomic E-state index is 0.114. The number of hydrogen-bond acceptors (Lipinski definition) is 4. The summed E-state index contributed by atoms with van der Waals surface area (Å²) in [6.07, 6.45) is 4.51. The van der Waals surface area contributed by atoms with Crippen LogP contribution in [0.5, 0.6) is 0 Å². The van der Waals surface area contributed by atoms with E-state index in [-0.39, 0.29) is 11.8 Å². The fourth-order valence-corrected chi connectivity index (χ4v) is 4.48. The molecule has 130 valence electrons. The van der Waals surface area contributed by atoms with Gasteiger partial charge in [-0.15, -0.1) is 11.8 Å². The fraction of sp³-hybridized carbons (Fsp3) is 0.238. The summed E-state index contributed by atoms with van der Waals surface area (Å²) in [7, 11) is 0. The van der Waals surface area contributed by atoms with Gasteiger partial charge in [-0.2, -0.15) is 0 Å². The molecule has 3 aromatic rings. The number of Topliss-reactive ketones (excluding diaryl/α,β-unsaturated/α-hetero) is 1. The quantitative estimate of drug-likeness (QED) is 0.667. The molecule has 2 heterocycles. The summed E-state index contributed by atoms with van der Waals surface area (Å²) < 4.78 is 2.19. The zero-order valence-corrected chi connectivity index (χ0v) is 15.3. The summed E-state index contributed by atoms with van der Waals surface area (Å²) >= 11 is 1.73. The van der Waals surface area contributed by atoms with Crippen molar-refractivity contribution in [3.8, 4) is 0 Å². The maximum absolute atomic E-state index is 12.9. The fourth-order valence-electron chi connectivity index (χ4n) is 4.07. The molecular weight excluding hydrogens is 342 g/mol. The molecule has 0 radical (unpaired) electrons. The number of allylic oxidation sites excluding steroid dienone is 2. The van der Waals surface area contributed by atoms with Crippen molar-refractivity contribution in [1.82, 2.24) is 9.55 Å². The molecule has 0 spiro atoms. The average Bonchev–Trinajstić information content (AvgIpc) is 3.05. The maximum atomic E-state index is 12.9. The molecule has 0 fully saturated rings. The van der Waals surface area contributed by atoms with Crippen LogP contribution in [0.4, 0.5) is 5.95 Å². The highest BCUT2D eigenvalue weighted by Gasteiger charge is 2.36. The molecular formula is C21H19N3OS. The number of anilines is 1. The molecule has 26 heavy (non-hydrogen) atoms. The molecule has 1 aliphatic carbocycles. The Balaban J connectivity index is 1.77. The number of thioether (sulfide) groups is 1. The van der Waals surface area contributed by atoms with Crippen molar-refractivity contribution < 1.29 is 4.79 Å². The number of para-hydroxylation sites is 2. The number of hydrogen-bond donors (Lipinski definition) is 1. The predicted octanol–water partition coefficient (Wildman–Crippen LogP) is 4.78. The topological polar surface area (TPSA) is 46.9 Å². The molecule has 0 amide bonds. The molecule has 5 rings (SSSR count). The second-order valence-electron chi connectivity index (χ2n) is 6.76. The number of benzene rings is 2. The van der Waals surface area contributed by atoms with Crippen molar-refractivity contribution in [1.29, 1.82) is 0 Å². The zero-order valence-electron chi connectivity index (χ0n) is 14.5. The van der Waals surface area contributed by atoms with Gasteiger partial charge in [-0.05, 0) is 48.9 Å². The Morgan fingerprint density at radius 2 is 1.92 bits per heavy atom. The van der Waals surface area contributed by atoms with E-state index in [0.717, 1.165) is 46.7 Å². The lowest BCUT2D eigenvalue weighted by molar-refractivity contribution is -0.116. The normalized spacial score (nSPS) is 19.3. The van der Waals surface area contributed by atoms with Crippen LogP contribution in [-0.4, -0.2) is 21.6 Å². The molecule has 2 aromatic carbocycles. The number of fused-ring (bicyclic) bond motifs is 3. The third-order valence-electron chi connectivity index (χ3n) is 5.28. The minimum Gasteiger partial charge on any atom is -0.329 e. The molecule has 4 nitrogen and oxygen atoms in total. The molecule has 2 aliphatic rings. The van der Waals surface area contributed by atoms with Crippen molar-refractivity contribution in [3.63, 3.8) is 0 Å². The first-order chi connectivity index (χ1) is 12.8. The molecule has 1 N–H and O–H groups in total. The van der Waals surface area contributed by atoms with Gasteiger partial charge in [-0.1, -0.05) is 24.3 Å². The van der Waals surface area contributed by atoms with Crippen molar-refractivity contribution in [2.45, 2.75) is 30.2 Å². The highest BCUT2D eigenvalue weighted by molar-refractivity contribution is 7.98. The standard InChI is InChI=1S/C21H19N3OS/c1-26-14-11-9-13(10-12-14)20-19-16(6-4-8-18(19)25)23-21-22-15-5-2-3-7-17(15)24(20)21/h2-3,5,7,9-12,20H,4,6,8H2,1H3,(H,22,23). The van der Waals surface area contributed by atoms with Gasteiger partial charge in [0.05, 0.1) is 17.1 Å². The van der Waals surface area contributed by atoms with Crippen LogP contribution in [0.3, 0.4) is 0 Å². The lowest BCUT2D eigenvalue weighted by Gasteiger charge is -2.34. The van der Waals surface area contributed by atoms with E-state index in [4.69, 9.17) is 4.98 Å². The molecule has 1 atom stereocenters. The molecule has 0 bridgehead atoms. The smallest absolute Gasteiger partial charge is 0.209 e. The van der Waals surface area contributed by atoms with E-state index < -0.39 is 0 Å². The van der Waals surface area contributed by atoms with E-state index in [0.29, 0.717) is 6.42 Å². The lowest BCUT2D eigenvalue weighted by atomic mass is 9.85. The van der Waals surface area contributed by atoms with Gasteiger partial charge in [0, 0.05) is 22.6 Å². The minimum atomic E-state index is -0.114. The van der Waals surface area contributed by atoms with Crippen LogP contribution in [0.2, 0.25) is 0 Å². The van der Waals surface area contributed by atoms with Crippen molar-refractivity contribution >= 4 is 34.5 Å². The third-order valence-corrected chi connectivity index (χ3v) is 6.02. The number of imidazole rings is 1. The van der Waals surface area contributed by atoms with E-state index in [2.05, 4.69) is 46.5 Å². The van der Waals surface area contributed by atoms with Crippen LogP contribution in [0.1, 0.15) is 30.9 Å². The molecule has 0 saturated heterocycles. The number of nitrogens with one attached hydrogen (secondary N) is 1. The summed E-state index contributed by atoms with van der Waals surface area (Å²) in [5, 5.41) is 3.45. The van der Waals surface area contributed by atoms with E-state index in [1.165, 1.54) is 4.90 Å². The molecule has 5 heteroatoms. The Bertz CT molecular complexity index is 1050. The monoisotopic (exact) mass is 361 g/mol. The van der Waals surface area contributed by atoms with Crippen molar-refractivity contribution in [3.05, 3.63) is 65.4 Å². The molecule has 0 saturated carbocycles. The maximum Gasteiger partial charge on any atom is 0.209 e. The second-order valence-corrected chi connectivity index (χ2v) is 7.64. The van der Waals surface area contributed by atoms with Gasteiger partial charge in [0.2, 0.25) is 5.95 Å². The Morgan fingerprint density at radius 1 is 1.12 bits per heavy atom. The van der Waals surface area contributed by atoms with Gasteiger partial charge < -0.3 is 5.32 Å². The molecule has 1 aliphatic heterocycles. The van der Waals surface area contributed by atoms with Crippen LogP contribution >= 0.6 is 11.8 Å². The van der Waals surface area contributed by atoms with E-state index in [9.17, 15) is 4.79 Å². The summed E-state index contributed by atoms with van der Waals surface area (Å²) in [5.74, 6) is 1.08. The van der Waals surface area contributed by atoms with Crippen molar-refractivity contribution in [2.24, 2.45) is 0 Å². The summed E-state index contributed by atoms with van der Waals surface area (Å²) in [4.78, 5) is 18.9. The van der Waals surface area contributed by atoms with Gasteiger partial charge in [-0.25, -0.2) is 4.98 Å². The summed E-state index contributed by atoms with van der Waals surface area (Å²) in [5.41, 5.74) is 5.09. The predicted molar refractivity (Wildman–Crippen MR) is 106 cm³/mol. The lowest BCUT2D eigenvalue weighted by Crippen LogP contribution is -2.30. The van der Waals surface area contributed by atoms with E-state index >= 15 is 0 Å². The van der Waals surface area contributed by atoms with Gasteiger partial charge in [0.15, 0.2) is 5.78 Å². The third kappa shape index (κ3) is 2.31. The summed E-state index contributed by atoms with van der Waals surface area (Å²) in [6, 6.07) is 16.6. The first kappa shape index (κ1) is 15.7. The zero-order chi connectivity index (χ0) is 17.7. The Labute approximate surface area is 156 Å². The number of carbonyl (C=O) groups excluding carboxylic acids is 1. The average molecular weight is 361 g/mol. The first-order valence-corrected chi connectivity index (χ1v) is 10.1. The molecule has 1 aromatic heterocycles. The highest BCUT2D eigenvalue weighted by Crippen LogP contribution is 2.42. The van der Waals surface area contributed by atoms with Gasteiger partial charge >= 0.3 is 0 Å². The summed E-state index contributed by atoms with van der Waals surface area (Å²) in [6.45, 7) is 0. The van der Waals surface area contributed by atoms with Crippen LogP contribution in [0, 0.1) is 0 Å². The Morgan fingerprint density at radius 3 is 2.73 bits per heavy atom. The van der Waals surface area contributed by atoms with E-state index in [1.807, 2.05) is 18.2 Å². The SMILES string of the molecule is CSc1ccc(C2C3=C(CCCC3=O)Nc3nc4ccccc4n32)cc1. The Hall–Kier alpha value is -2.53. The van der Waals surface area contributed by atoms with Crippen LogP contribution in [0.15, 0.2) is 64.7 Å². The number of ketones is 1. The number of carbonyl (C=O) groups is 1. The largest absolute Gasteiger partial charge is 0.329 e. The van der Waals surface area contributed by atoms with E-state index in [1.54, 1.807) is 11.8 Å². The Kier molecular flexibility index (Phi) is 3.64. The van der Waals surface area contributed by atoms with Crippen LogP contribution in [0.25, 0.3) is 11.0 Å². The first-order valence-electron chi connectivity index (χ1n) is 8.90. The number of rotatable bonds is 2. The second kappa shape index (κ2) is 6.02.